The zero-order valence-electron chi connectivity index (χ0n) is 11.7. The average molecular weight is 333 g/mol. The van der Waals surface area contributed by atoms with Crippen LogP contribution in [-0.4, -0.2) is 29.5 Å². The average Bonchev–Trinajstić information content (AvgIpc) is 2.37. The van der Waals surface area contributed by atoms with Crippen molar-refractivity contribution in [3.8, 4) is 0 Å². The highest BCUT2D eigenvalue weighted by Gasteiger charge is 2.30. The lowest BCUT2D eigenvalue weighted by molar-refractivity contribution is -2.00. The Morgan fingerprint density at radius 3 is 2.05 bits per heavy atom. The molecule has 2 aliphatic rings. The van der Waals surface area contributed by atoms with Crippen LogP contribution in [0.5, 0.6) is 0 Å². The largest absolute Gasteiger partial charge is 0.298 e. The first kappa shape index (κ1) is 17.0. The number of fused-ring (bicyclic) bond motifs is 2. The van der Waals surface area contributed by atoms with Gasteiger partial charge in [-0.25, -0.2) is 18.6 Å². The standard InChI is InChI=1S/C14H19NS.ClHO4/c1-2-4-12(5-3-1)7-15-8-13-6-14(9-15)11-16-10-13;2-1(3,4)5/h1-5,13-14H,6-11H2;(H,2,3,4,5)/p-1. The Balaban J connectivity index is 0.000000282. The Bertz CT molecular complexity index is 411. The molecule has 118 valence electrons. The summed E-state index contributed by atoms with van der Waals surface area (Å²) in [6, 6.07) is 10.9. The minimum absolute atomic E-state index is 0.959. The zero-order valence-corrected chi connectivity index (χ0v) is 13.2. The van der Waals surface area contributed by atoms with Gasteiger partial charge in [-0.15, -0.1) is 10.2 Å². The van der Waals surface area contributed by atoms with Crippen molar-refractivity contribution in [3.05, 3.63) is 35.9 Å². The minimum Gasteiger partial charge on any atom is -0.298 e. The van der Waals surface area contributed by atoms with E-state index in [-0.39, 0.29) is 0 Å². The van der Waals surface area contributed by atoms with Crippen molar-refractivity contribution in [2.24, 2.45) is 11.8 Å². The van der Waals surface area contributed by atoms with E-state index in [4.69, 9.17) is 18.6 Å². The van der Waals surface area contributed by atoms with Crippen molar-refractivity contribution in [1.29, 1.82) is 0 Å². The summed E-state index contributed by atoms with van der Waals surface area (Å²) in [4.78, 5) is 2.66. The molecule has 5 nitrogen and oxygen atoms in total. The molecule has 0 aromatic heterocycles. The quantitative estimate of drug-likeness (QED) is 0.629. The van der Waals surface area contributed by atoms with Gasteiger partial charge in [0.05, 0.1) is 0 Å². The maximum Gasteiger partial charge on any atom is 0.0233 e. The van der Waals surface area contributed by atoms with Crippen molar-refractivity contribution < 1.29 is 28.9 Å². The summed E-state index contributed by atoms with van der Waals surface area (Å²) in [5.41, 5.74) is 1.47. The lowest BCUT2D eigenvalue weighted by Gasteiger charge is -2.41. The molecule has 2 atom stereocenters. The summed E-state index contributed by atoms with van der Waals surface area (Å²) >= 11 is 2.17. The highest BCUT2D eigenvalue weighted by Crippen LogP contribution is 2.33. The molecule has 21 heavy (non-hydrogen) atoms. The summed E-state index contributed by atoms with van der Waals surface area (Å²) in [5, 5.41) is 0. The molecule has 2 saturated heterocycles. The van der Waals surface area contributed by atoms with Crippen LogP contribution >= 0.6 is 11.8 Å². The number of piperidine rings is 1. The summed E-state index contributed by atoms with van der Waals surface area (Å²) < 4.78 is 34.0. The molecule has 1 aromatic carbocycles. The van der Waals surface area contributed by atoms with Crippen molar-refractivity contribution in [1.82, 2.24) is 4.90 Å². The van der Waals surface area contributed by atoms with Crippen LogP contribution in [0.15, 0.2) is 30.3 Å². The van der Waals surface area contributed by atoms with E-state index < -0.39 is 10.2 Å². The molecule has 2 bridgehead atoms. The van der Waals surface area contributed by atoms with Gasteiger partial charge in [0.15, 0.2) is 0 Å². The number of nitrogens with zero attached hydrogens (tertiary/aromatic N) is 1. The predicted molar refractivity (Wildman–Crippen MR) is 70.6 cm³/mol. The van der Waals surface area contributed by atoms with Crippen LogP contribution in [0, 0.1) is 22.1 Å². The zero-order chi connectivity index (χ0) is 15.3. The number of rotatable bonds is 2. The minimum atomic E-state index is -4.94. The van der Waals surface area contributed by atoms with Gasteiger partial charge in [0.2, 0.25) is 0 Å². The Morgan fingerprint density at radius 1 is 1.00 bits per heavy atom. The molecule has 2 heterocycles. The van der Waals surface area contributed by atoms with Gasteiger partial charge in [0.25, 0.3) is 0 Å². The number of thioether (sulfide) groups is 1. The third-order valence-corrected chi connectivity index (χ3v) is 5.07. The van der Waals surface area contributed by atoms with Crippen LogP contribution in [0.4, 0.5) is 0 Å². The number of likely N-dealkylation sites (tertiary alicyclic amines) is 1. The summed E-state index contributed by atoms with van der Waals surface area (Å²) in [6.45, 7) is 3.79. The Hall–Kier alpha value is -0.340. The first-order chi connectivity index (χ1) is 9.90. The van der Waals surface area contributed by atoms with Crippen molar-refractivity contribution in [2.45, 2.75) is 13.0 Å². The normalized spacial score (nSPS) is 25.9. The molecule has 0 spiro atoms. The van der Waals surface area contributed by atoms with E-state index in [1.165, 1.54) is 36.6 Å². The third kappa shape index (κ3) is 6.97. The van der Waals surface area contributed by atoms with Crippen LogP contribution < -0.4 is 18.6 Å². The van der Waals surface area contributed by atoms with Crippen LogP contribution in [0.1, 0.15) is 12.0 Å². The topological polar surface area (TPSA) is 95.5 Å². The van der Waals surface area contributed by atoms with E-state index in [0.717, 1.165) is 18.4 Å². The van der Waals surface area contributed by atoms with Gasteiger partial charge >= 0.3 is 0 Å². The summed E-state index contributed by atoms with van der Waals surface area (Å²) in [5.74, 6) is 4.70. The van der Waals surface area contributed by atoms with Gasteiger partial charge in [-0.3, -0.25) is 4.90 Å². The first-order valence-corrected chi connectivity index (χ1v) is 9.25. The highest BCUT2D eigenvalue weighted by atomic mass is 35.7. The SMILES string of the molecule is [O-][Cl+3]([O-])([O-])[O-].c1ccc(CN2CC3CSCC(C3)C2)cc1. The van der Waals surface area contributed by atoms with Gasteiger partial charge < -0.3 is 0 Å². The maximum absolute atomic E-state index is 8.49. The second kappa shape index (κ2) is 7.78. The van der Waals surface area contributed by atoms with Crippen molar-refractivity contribution in [3.63, 3.8) is 0 Å². The van der Waals surface area contributed by atoms with Gasteiger partial charge in [0, 0.05) is 19.6 Å². The van der Waals surface area contributed by atoms with E-state index in [1.807, 2.05) is 0 Å². The fraction of sp³-hybridized carbons (Fsp3) is 0.571. The molecular weight excluding hydrogens is 314 g/mol. The van der Waals surface area contributed by atoms with Gasteiger partial charge in [-0.2, -0.15) is 11.8 Å². The lowest BCUT2D eigenvalue weighted by Crippen LogP contribution is -2.68. The second-order valence-corrected chi connectivity index (χ2v) is 7.39. The third-order valence-electron chi connectivity index (χ3n) is 3.66. The molecule has 0 N–H and O–H groups in total. The van der Waals surface area contributed by atoms with Crippen LogP contribution in [0.2, 0.25) is 0 Å². The Kier molecular flexibility index (Phi) is 6.31. The molecule has 2 fully saturated rings. The second-order valence-electron chi connectivity index (χ2n) is 5.56. The van der Waals surface area contributed by atoms with E-state index in [1.54, 1.807) is 0 Å². The first-order valence-electron chi connectivity index (χ1n) is 6.86. The van der Waals surface area contributed by atoms with E-state index in [2.05, 4.69) is 47.0 Å². The molecule has 2 aliphatic heterocycles. The molecule has 0 radical (unpaired) electrons. The molecule has 0 saturated carbocycles. The van der Waals surface area contributed by atoms with E-state index >= 15 is 0 Å². The fourth-order valence-corrected chi connectivity index (χ4v) is 4.32. The molecular formula is C14H19ClNO4S-. The van der Waals surface area contributed by atoms with Gasteiger partial charge in [-0.05, 0) is 35.3 Å². The predicted octanol–water partition coefficient (Wildman–Crippen LogP) is -1.88. The molecule has 2 unspecified atom stereocenters. The van der Waals surface area contributed by atoms with E-state index in [9.17, 15) is 0 Å². The molecule has 1 aromatic rings. The molecule has 0 amide bonds. The van der Waals surface area contributed by atoms with Crippen LogP contribution in [0.3, 0.4) is 0 Å². The van der Waals surface area contributed by atoms with Crippen molar-refractivity contribution >= 4 is 11.8 Å². The van der Waals surface area contributed by atoms with Crippen LogP contribution in [-0.2, 0) is 6.54 Å². The Morgan fingerprint density at radius 2 is 1.52 bits per heavy atom. The number of halogens is 1. The van der Waals surface area contributed by atoms with Crippen molar-refractivity contribution in [2.75, 3.05) is 24.6 Å². The van der Waals surface area contributed by atoms with Gasteiger partial charge in [0.1, 0.15) is 0 Å². The number of benzene rings is 1. The fourth-order valence-electron chi connectivity index (χ4n) is 3.04. The smallest absolute Gasteiger partial charge is 0.0233 e. The lowest BCUT2D eigenvalue weighted by atomic mass is 9.91. The summed E-state index contributed by atoms with van der Waals surface area (Å²) in [7, 11) is -4.94. The molecule has 0 aliphatic carbocycles. The summed E-state index contributed by atoms with van der Waals surface area (Å²) in [6.07, 6.45) is 1.48. The van der Waals surface area contributed by atoms with Crippen LogP contribution in [0.25, 0.3) is 0 Å². The number of hydrogen-bond acceptors (Lipinski definition) is 6. The maximum atomic E-state index is 8.49. The number of hydrogen-bond donors (Lipinski definition) is 0. The monoisotopic (exact) mass is 332 g/mol. The van der Waals surface area contributed by atoms with Gasteiger partial charge in [-0.1, -0.05) is 30.3 Å². The highest BCUT2D eigenvalue weighted by molar-refractivity contribution is 7.99. The van der Waals surface area contributed by atoms with E-state index in [0.29, 0.717) is 0 Å². The Labute approximate surface area is 131 Å². The molecule has 7 heteroatoms. The molecule has 3 rings (SSSR count).